The van der Waals surface area contributed by atoms with E-state index >= 15 is 0 Å². The molecule has 104 valence electrons. The molecule has 0 saturated carbocycles. The van der Waals surface area contributed by atoms with Crippen molar-refractivity contribution in [3.63, 3.8) is 0 Å². The zero-order chi connectivity index (χ0) is 13.8. The maximum absolute atomic E-state index is 12.2. The van der Waals surface area contributed by atoms with Crippen LogP contribution in [0.15, 0.2) is 42.5 Å². The summed E-state index contributed by atoms with van der Waals surface area (Å²) in [7, 11) is 0. The molecule has 1 heterocycles. The van der Waals surface area contributed by atoms with Crippen LogP contribution in [0.25, 0.3) is 10.8 Å². The number of fused-ring (bicyclic) bond motifs is 1. The molecule has 1 fully saturated rings. The molecule has 0 bridgehead atoms. The third-order valence-electron chi connectivity index (χ3n) is 3.46. The molecule has 20 heavy (non-hydrogen) atoms. The Labute approximate surface area is 117 Å². The van der Waals surface area contributed by atoms with E-state index in [2.05, 4.69) is 5.48 Å². The van der Waals surface area contributed by atoms with Gasteiger partial charge in [0.05, 0.1) is 0 Å². The number of carbonyl (C=O) groups excluding carboxylic acids is 1. The predicted molar refractivity (Wildman–Crippen MR) is 76.1 cm³/mol. The van der Waals surface area contributed by atoms with Crippen LogP contribution in [0.4, 0.5) is 0 Å². The van der Waals surface area contributed by atoms with Crippen LogP contribution in [0, 0.1) is 0 Å². The molecular weight excluding hydrogens is 254 g/mol. The minimum Gasteiger partial charge on any atom is -0.350 e. The monoisotopic (exact) mass is 271 g/mol. The molecular formula is C16H17NO3. The van der Waals surface area contributed by atoms with Crippen LogP contribution in [0.2, 0.25) is 0 Å². The fraction of sp³-hybridized carbons (Fsp3) is 0.312. The van der Waals surface area contributed by atoms with Crippen molar-refractivity contribution in [1.82, 2.24) is 5.48 Å². The first-order chi connectivity index (χ1) is 9.84. The molecule has 1 N–H and O–H groups in total. The smallest absolute Gasteiger partial charge is 0.275 e. The average Bonchev–Trinajstić information content (AvgIpc) is 2.53. The van der Waals surface area contributed by atoms with Gasteiger partial charge in [0, 0.05) is 18.6 Å². The van der Waals surface area contributed by atoms with Gasteiger partial charge in [-0.25, -0.2) is 10.3 Å². The minimum atomic E-state index is -0.331. The SMILES string of the molecule is O=C(NO[C@@H]1CCCCO1)c1cccc2ccccc12. The van der Waals surface area contributed by atoms with Crippen molar-refractivity contribution in [2.24, 2.45) is 0 Å². The quantitative estimate of drug-likeness (QED) is 0.873. The van der Waals surface area contributed by atoms with Crippen LogP contribution in [-0.4, -0.2) is 18.8 Å². The first-order valence-corrected chi connectivity index (χ1v) is 6.90. The second-order valence-corrected chi connectivity index (χ2v) is 4.87. The fourth-order valence-corrected chi connectivity index (χ4v) is 2.40. The van der Waals surface area contributed by atoms with E-state index in [4.69, 9.17) is 9.57 Å². The first kappa shape index (κ1) is 13.1. The first-order valence-electron chi connectivity index (χ1n) is 6.90. The normalized spacial score (nSPS) is 18.9. The van der Waals surface area contributed by atoms with E-state index in [-0.39, 0.29) is 12.2 Å². The van der Waals surface area contributed by atoms with Gasteiger partial charge in [0.25, 0.3) is 5.91 Å². The number of ether oxygens (including phenoxy) is 1. The summed E-state index contributed by atoms with van der Waals surface area (Å²) in [6.45, 7) is 0.689. The Hall–Kier alpha value is -1.91. The molecule has 0 aliphatic carbocycles. The van der Waals surface area contributed by atoms with E-state index in [1.54, 1.807) is 6.07 Å². The zero-order valence-electron chi connectivity index (χ0n) is 11.2. The molecule has 4 heteroatoms. The van der Waals surface area contributed by atoms with Crippen LogP contribution in [0.3, 0.4) is 0 Å². The summed E-state index contributed by atoms with van der Waals surface area (Å²) in [6, 6.07) is 13.4. The number of hydroxylamine groups is 1. The van der Waals surface area contributed by atoms with Gasteiger partial charge >= 0.3 is 0 Å². The van der Waals surface area contributed by atoms with Crippen LogP contribution in [0.5, 0.6) is 0 Å². The lowest BCUT2D eigenvalue weighted by atomic mass is 10.0. The van der Waals surface area contributed by atoms with Crippen LogP contribution in [-0.2, 0) is 9.57 Å². The van der Waals surface area contributed by atoms with E-state index in [1.165, 1.54) is 0 Å². The number of hydrogen-bond donors (Lipinski definition) is 1. The Balaban J connectivity index is 1.72. The van der Waals surface area contributed by atoms with Gasteiger partial charge in [0.15, 0.2) is 6.29 Å². The molecule has 0 aromatic heterocycles. The number of amides is 1. The van der Waals surface area contributed by atoms with Gasteiger partial charge in [-0.1, -0.05) is 36.4 Å². The second kappa shape index (κ2) is 6.03. The highest BCUT2D eigenvalue weighted by Crippen LogP contribution is 2.19. The molecule has 1 amide bonds. The lowest BCUT2D eigenvalue weighted by Gasteiger charge is -2.22. The van der Waals surface area contributed by atoms with E-state index in [1.807, 2.05) is 36.4 Å². The molecule has 0 unspecified atom stereocenters. The Bertz CT molecular complexity index is 600. The largest absolute Gasteiger partial charge is 0.350 e. The van der Waals surface area contributed by atoms with Gasteiger partial charge in [-0.15, -0.1) is 0 Å². The molecule has 1 aliphatic rings. The van der Waals surface area contributed by atoms with Crippen molar-refractivity contribution in [2.45, 2.75) is 25.6 Å². The highest BCUT2D eigenvalue weighted by Gasteiger charge is 2.17. The standard InChI is InChI=1S/C16H17NO3/c18-16(17-20-15-10-3-4-11-19-15)14-9-5-7-12-6-1-2-8-13(12)14/h1-2,5-9,15H,3-4,10-11H2,(H,17,18)/t15-/m1/s1. The summed E-state index contributed by atoms with van der Waals surface area (Å²) >= 11 is 0. The molecule has 1 atom stereocenters. The topological polar surface area (TPSA) is 47.6 Å². The van der Waals surface area contributed by atoms with Crippen molar-refractivity contribution >= 4 is 16.7 Å². The summed E-state index contributed by atoms with van der Waals surface area (Å²) < 4.78 is 5.41. The number of nitrogens with one attached hydrogen (secondary N) is 1. The Morgan fingerprint density at radius 3 is 2.85 bits per heavy atom. The maximum atomic E-state index is 12.2. The Morgan fingerprint density at radius 2 is 2.00 bits per heavy atom. The second-order valence-electron chi connectivity index (χ2n) is 4.87. The maximum Gasteiger partial charge on any atom is 0.275 e. The van der Waals surface area contributed by atoms with Crippen molar-refractivity contribution in [1.29, 1.82) is 0 Å². The molecule has 3 rings (SSSR count). The van der Waals surface area contributed by atoms with Gasteiger partial charge in [0.2, 0.25) is 0 Å². The van der Waals surface area contributed by atoms with E-state index < -0.39 is 0 Å². The van der Waals surface area contributed by atoms with Crippen molar-refractivity contribution in [3.8, 4) is 0 Å². The molecule has 0 spiro atoms. The highest BCUT2D eigenvalue weighted by atomic mass is 16.8. The molecule has 4 nitrogen and oxygen atoms in total. The van der Waals surface area contributed by atoms with Crippen molar-refractivity contribution in [2.75, 3.05) is 6.61 Å². The van der Waals surface area contributed by atoms with Crippen LogP contribution >= 0.6 is 0 Å². The number of hydrogen-bond acceptors (Lipinski definition) is 3. The number of benzene rings is 2. The summed E-state index contributed by atoms with van der Waals surface area (Å²) in [5, 5.41) is 1.95. The lowest BCUT2D eigenvalue weighted by molar-refractivity contribution is -0.186. The van der Waals surface area contributed by atoms with Gasteiger partial charge in [-0.2, -0.15) is 0 Å². The average molecular weight is 271 g/mol. The molecule has 1 saturated heterocycles. The predicted octanol–water partition coefficient (Wildman–Crippen LogP) is 3.03. The highest BCUT2D eigenvalue weighted by molar-refractivity contribution is 6.06. The third kappa shape index (κ3) is 2.81. The summed E-state index contributed by atoms with van der Waals surface area (Å²) in [5.41, 5.74) is 3.11. The fourth-order valence-electron chi connectivity index (χ4n) is 2.40. The van der Waals surface area contributed by atoms with Crippen molar-refractivity contribution in [3.05, 3.63) is 48.0 Å². The van der Waals surface area contributed by atoms with E-state index in [0.29, 0.717) is 12.2 Å². The van der Waals surface area contributed by atoms with E-state index in [0.717, 1.165) is 30.0 Å². The molecule has 1 aliphatic heterocycles. The Kier molecular flexibility index (Phi) is 3.95. The van der Waals surface area contributed by atoms with Crippen LogP contribution in [0.1, 0.15) is 29.6 Å². The van der Waals surface area contributed by atoms with Gasteiger partial charge < -0.3 is 4.74 Å². The molecule has 0 radical (unpaired) electrons. The summed E-state index contributed by atoms with van der Waals surface area (Å²) in [4.78, 5) is 17.5. The Morgan fingerprint density at radius 1 is 1.15 bits per heavy atom. The zero-order valence-corrected chi connectivity index (χ0v) is 11.2. The molecule has 2 aromatic carbocycles. The van der Waals surface area contributed by atoms with Gasteiger partial charge in [-0.05, 0) is 29.7 Å². The van der Waals surface area contributed by atoms with Gasteiger partial charge in [0.1, 0.15) is 0 Å². The number of carbonyl (C=O) groups is 1. The lowest BCUT2D eigenvalue weighted by Crippen LogP contribution is -2.33. The minimum absolute atomic E-state index is 0.240. The van der Waals surface area contributed by atoms with E-state index in [9.17, 15) is 4.79 Å². The van der Waals surface area contributed by atoms with Crippen LogP contribution < -0.4 is 5.48 Å². The van der Waals surface area contributed by atoms with Gasteiger partial charge in [-0.3, -0.25) is 4.79 Å². The molecule has 2 aromatic rings. The third-order valence-corrected chi connectivity index (χ3v) is 3.46. The summed E-state index contributed by atoms with van der Waals surface area (Å²) in [6.07, 6.45) is 2.60. The number of rotatable bonds is 3. The van der Waals surface area contributed by atoms with Crippen molar-refractivity contribution < 1.29 is 14.4 Å². The summed E-state index contributed by atoms with van der Waals surface area (Å²) in [5.74, 6) is -0.240.